The number of carbonyl (C=O) groups excluding carboxylic acids is 1. The van der Waals surface area contributed by atoms with Crippen molar-refractivity contribution in [3.63, 3.8) is 0 Å². The van der Waals surface area contributed by atoms with Crippen molar-refractivity contribution in [2.45, 2.75) is 31.3 Å². The van der Waals surface area contributed by atoms with E-state index in [4.69, 9.17) is 5.73 Å². The van der Waals surface area contributed by atoms with Gasteiger partial charge in [-0.2, -0.15) is 0 Å². The van der Waals surface area contributed by atoms with E-state index in [2.05, 4.69) is 16.8 Å². The number of piperazine rings is 1. The predicted molar refractivity (Wildman–Crippen MR) is 64.3 cm³/mol. The van der Waals surface area contributed by atoms with Gasteiger partial charge in [0.2, 0.25) is 5.91 Å². The Bertz CT molecular complexity index is 281. The van der Waals surface area contributed by atoms with E-state index in [1.807, 2.05) is 0 Å². The molecule has 2 N–H and O–H groups in total. The highest BCUT2D eigenvalue weighted by Gasteiger charge is 2.39. The van der Waals surface area contributed by atoms with E-state index in [0.717, 1.165) is 32.5 Å². The molecule has 1 saturated heterocycles. The van der Waals surface area contributed by atoms with Gasteiger partial charge in [0.15, 0.2) is 0 Å². The minimum Gasteiger partial charge on any atom is -0.369 e. The maximum Gasteiger partial charge on any atom is 0.220 e. The zero-order chi connectivity index (χ0) is 12.4. The maximum atomic E-state index is 12.4. The molecule has 0 aromatic carbocycles. The molecule has 98 valence electrons. The topological polar surface area (TPSA) is 49.6 Å². The lowest BCUT2D eigenvalue weighted by Gasteiger charge is -2.47. The Morgan fingerprint density at radius 2 is 2.12 bits per heavy atom. The second-order valence-corrected chi connectivity index (χ2v) is 5.33. The minimum atomic E-state index is -0.253. The molecule has 17 heavy (non-hydrogen) atoms. The Kier molecular flexibility index (Phi) is 3.99. The number of rotatable bonds is 4. The third kappa shape index (κ3) is 2.77. The van der Waals surface area contributed by atoms with Crippen LogP contribution in [0.1, 0.15) is 19.3 Å². The van der Waals surface area contributed by atoms with Crippen LogP contribution in [0.2, 0.25) is 0 Å². The van der Waals surface area contributed by atoms with Gasteiger partial charge >= 0.3 is 0 Å². The van der Waals surface area contributed by atoms with Crippen molar-refractivity contribution in [1.29, 1.82) is 0 Å². The third-order valence-corrected chi connectivity index (χ3v) is 4.28. The summed E-state index contributed by atoms with van der Waals surface area (Å²) < 4.78 is 12.4. The van der Waals surface area contributed by atoms with Crippen LogP contribution in [0.3, 0.4) is 0 Å². The molecule has 2 aliphatic rings. The van der Waals surface area contributed by atoms with E-state index in [0.29, 0.717) is 18.5 Å². The highest BCUT2D eigenvalue weighted by atomic mass is 19.1. The molecule has 1 saturated carbocycles. The summed E-state index contributed by atoms with van der Waals surface area (Å²) in [7, 11) is 2.06. The molecule has 0 aromatic heterocycles. The Labute approximate surface area is 102 Å². The minimum absolute atomic E-state index is 0.0688. The van der Waals surface area contributed by atoms with Crippen molar-refractivity contribution in [2.24, 2.45) is 11.7 Å². The van der Waals surface area contributed by atoms with E-state index >= 15 is 0 Å². The molecular weight excluding hydrogens is 221 g/mol. The average molecular weight is 243 g/mol. The van der Waals surface area contributed by atoms with Gasteiger partial charge in [0.25, 0.3) is 0 Å². The summed E-state index contributed by atoms with van der Waals surface area (Å²) in [5.41, 5.74) is 5.27. The molecule has 1 amide bonds. The summed E-state index contributed by atoms with van der Waals surface area (Å²) in [5, 5.41) is 0. The zero-order valence-corrected chi connectivity index (χ0v) is 10.4. The number of nitrogens with two attached hydrogens (primary N) is 1. The average Bonchev–Trinajstić information content (AvgIpc) is 2.20. The van der Waals surface area contributed by atoms with Crippen LogP contribution >= 0.6 is 0 Å². The predicted octanol–water partition coefficient (Wildman–Crippen LogP) is 0.226. The SMILES string of the molecule is CN1CCN(C2CC(C(N)=O)C2)CC1CCF. The van der Waals surface area contributed by atoms with E-state index in [1.54, 1.807) is 0 Å². The largest absolute Gasteiger partial charge is 0.369 e. The number of primary amides is 1. The number of likely N-dealkylation sites (N-methyl/N-ethyl adjacent to an activating group) is 1. The molecule has 2 rings (SSSR count). The second-order valence-electron chi connectivity index (χ2n) is 5.33. The van der Waals surface area contributed by atoms with Crippen LogP contribution in [-0.2, 0) is 4.79 Å². The Balaban J connectivity index is 1.81. The number of nitrogens with zero attached hydrogens (tertiary/aromatic N) is 2. The Hall–Kier alpha value is -0.680. The fourth-order valence-corrected chi connectivity index (χ4v) is 2.86. The molecule has 4 nitrogen and oxygen atoms in total. The molecule has 0 bridgehead atoms. The van der Waals surface area contributed by atoms with Crippen molar-refractivity contribution in [3.8, 4) is 0 Å². The van der Waals surface area contributed by atoms with Gasteiger partial charge in [-0.05, 0) is 26.3 Å². The smallest absolute Gasteiger partial charge is 0.220 e. The van der Waals surface area contributed by atoms with Crippen LogP contribution in [0.4, 0.5) is 4.39 Å². The van der Waals surface area contributed by atoms with Crippen molar-refractivity contribution in [2.75, 3.05) is 33.4 Å². The first-order valence-corrected chi connectivity index (χ1v) is 6.41. The molecule has 1 unspecified atom stereocenters. The van der Waals surface area contributed by atoms with Gasteiger partial charge in [0.1, 0.15) is 0 Å². The van der Waals surface area contributed by atoms with E-state index < -0.39 is 0 Å². The number of carbonyl (C=O) groups is 1. The summed E-state index contributed by atoms with van der Waals surface area (Å²) in [6.07, 6.45) is 2.39. The number of hydrogen-bond donors (Lipinski definition) is 1. The van der Waals surface area contributed by atoms with Crippen LogP contribution in [0.25, 0.3) is 0 Å². The van der Waals surface area contributed by atoms with E-state index in [-0.39, 0.29) is 18.5 Å². The fraction of sp³-hybridized carbons (Fsp3) is 0.917. The first kappa shape index (κ1) is 12.8. The highest BCUT2D eigenvalue weighted by molar-refractivity contribution is 5.77. The number of alkyl halides is 1. The summed E-state index contributed by atoms with van der Waals surface area (Å²) in [5.74, 6) is -0.102. The molecule has 1 heterocycles. The number of amides is 1. The molecule has 1 atom stereocenters. The summed E-state index contributed by atoms with van der Waals surface area (Å²) >= 11 is 0. The normalized spacial score (nSPS) is 35.5. The molecule has 0 radical (unpaired) electrons. The molecule has 0 spiro atoms. The van der Waals surface area contributed by atoms with Gasteiger partial charge in [-0.3, -0.25) is 14.1 Å². The maximum absolute atomic E-state index is 12.4. The lowest BCUT2D eigenvalue weighted by Crippen LogP contribution is -2.58. The first-order valence-electron chi connectivity index (χ1n) is 6.41. The van der Waals surface area contributed by atoms with E-state index in [1.165, 1.54) is 0 Å². The van der Waals surface area contributed by atoms with Gasteiger partial charge in [-0.25, -0.2) is 0 Å². The van der Waals surface area contributed by atoms with Crippen LogP contribution < -0.4 is 5.73 Å². The van der Waals surface area contributed by atoms with Gasteiger partial charge < -0.3 is 10.6 Å². The van der Waals surface area contributed by atoms with Crippen LogP contribution in [0.15, 0.2) is 0 Å². The van der Waals surface area contributed by atoms with Crippen molar-refractivity contribution < 1.29 is 9.18 Å². The summed E-state index contributed by atoms with van der Waals surface area (Å²) in [6.45, 7) is 2.69. The quantitative estimate of drug-likeness (QED) is 0.769. The van der Waals surface area contributed by atoms with Crippen molar-refractivity contribution >= 4 is 5.91 Å². The molecule has 5 heteroatoms. The van der Waals surface area contributed by atoms with Crippen LogP contribution in [-0.4, -0.2) is 61.1 Å². The molecular formula is C12H22FN3O. The fourth-order valence-electron chi connectivity index (χ4n) is 2.86. The lowest BCUT2D eigenvalue weighted by atomic mass is 9.78. The number of hydrogen-bond acceptors (Lipinski definition) is 3. The molecule has 0 aromatic rings. The molecule has 2 fully saturated rings. The lowest BCUT2D eigenvalue weighted by molar-refractivity contribution is -0.127. The van der Waals surface area contributed by atoms with Crippen molar-refractivity contribution in [1.82, 2.24) is 9.80 Å². The van der Waals surface area contributed by atoms with Gasteiger partial charge in [-0.15, -0.1) is 0 Å². The first-order chi connectivity index (χ1) is 8.11. The molecule has 1 aliphatic heterocycles. The van der Waals surface area contributed by atoms with Gasteiger partial charge in [0.05, 0.1) is 6.67 Å². The second kappa shape index (κ2) is 5.31. The Morgan fingerprint density at radius 3 is 2.71 bits per heavy atom. The molecule has 1 aliphatic carbocycles. The third-order valence-electron chi connectivity index (χ3n) is 4.28. The summed E-state index contributed by atoms with van der Waals surface area (Å²) in [6, 6.07) is 0.810. The summed E-state index contributed by atoms with van der Waals surface area (Å²) in [4.78, 5) is 15.6. The Morgan fingerprint density at radius 1 is 1.41 bits per heavy atom. The number of halogens is 1. The monoisotopic (exact) mass is 243 g/mol. The van der Waals surface area contributed by atoms with E-state index in [9.17, 15) is 9.18 Å². The van der Waals surface area contributed by atoms with Gasteiger partial charge in [-0.1, -0.05) is 0 Å². The van der Waals surface area contributed by atoms with Crippen molar-refractivity contribution in [3.05, 3.63) is 0 Å². The van der Waals surface area contributed by atoms with Gasteiger partial charge in [0, 0.05) is 37.6 Å². The van der Waals surface area contributed by atoms with Crippen LogP contribution in [0, 0.1) is 5.92 Å². The highest BCUT2D eigenvalue weighted by Crippen LogP contribution is 2.32. The zero-order valence-electron chi connectivity index (χ0n) is 10.4. The van der Waals surface area contributed by atoms with Crippen LogP contribution in [0.5, 0.6) is 0 Å². The standard InChI is InChI=1S/C12H22FN3O/c1-15-4-5-16(8-10(15)2-3-13)11-6-9(7-11)12(14)17/h9-11H,2-8H2,1H3,(H2,14,17).